The van der Waals surface area contributed by atoms with Crippen molar-refractivity contribution in [3.05, 3.63) is 29.6 Å². The molecule has 0 fully saturated rings. The third-order valence-electron chi connectivity index (χ3n) is 2.31. The van der Waals surface area contributed by atoms with Crippen molar-refractivity contribution < 1.29 is 18.6 Å². The minimum absolute atomic E-state index is 0.0683. The van der Waals surface area contributed by atoms with E-state index in [1.165, 1.54) is 6.07 Å². The summed E-state index contributed by atoms with van der Waals surface area (Å²) in [7, 11) is 1.64. The van der Waals surface area contributed by atoms with Crippen molar-refractivity contribution in [2.75, 3.05) is 33.7 Å². The standard InChI is InChI=1S/C13H20FNO3/c1-3-17-10-18-13-5-4-11(8-12(13)14)9-15-6-7-16-2/h4-5,8,15H,3,6-7,9-10H2,1-2H3. The van der Waals surface area contributed by atoms with E-state index in [2.05, 4.69) is 5.32 Å². The third kappa shape index (κ3) is 5.44. The Morgan fingerprint density at radius 1 is 1.33 bits per heavy atom. The van der Waals surface area contributed by atoms with Crippen molar-refractivity contribution >= 4 is 0 Å². The van der Waals surface area contributed by atoms with Crippen molar-refractivity contribution in [1.82, 2.24) is 5.32 Å². The minimum atomic E-state index is -0.374. The van der Waals surface area contributed by atoms with E-state index in [0.29, 0.717) is 19.8 Å². The van der Waals surface area contributed by atoms with Gasteiger partial charge in [0.1, 0.15) is 0 Å². The van der Waals surface area contributed by atoms with E-state index in [1.807, 2.05) is 13.0 Å². The second-order valence-corrected chi connectivity index (χ2v) is 3.69. The van der Waals surface area contributed by atoms with Gasteiger partial charge in [-0.05, 0) is 24.6 Å². The molecule has 0 spiro atoms. The normalized spacial score (nSPS) is 10.6. The van der Waals surface area contributed by atoms with Gasteiger partial charge in [-0.25, -0.2) is 4.39 Å². The number of hydrogen-bond donors (Lipinski definition) is 1. The summed E-state index contributed by atoms with van der Waals surface area (Å²) in [5.41, 5.74) is 0.868. The van der Waals surface area contributed by atoms with E-state index in [9.17, 15) is 4.39 Å². The monoisotopic (exact) mass is 257 g/mol. The highest BCUT2D eigenvalue weighted by atomic mass is 19.1. The molecule has 0 bridgehead atoms. The Hall–Kier alpha value is -1.17. The maximum absolute atomic E-state index is 13.6. The number of nitrogens with one attached hydrogen (secondary N) is 1. The van der Waals surface area contributed by atoms with Gasteiger partial charge in [0.05, 0.1) is 6.61 Å². The Bertz CT molecular complexity index is 347. The number of methoxy groups -OCH3 is 1. The molecule has 0 atom stereocenters. The van der Waals surface area contributed by atoms with Crippen LogP contribution in [0.5, 0.6) is 5.75 Å². The lowest BCUT2D eigenvalue weighted by Gasteiger charge is -2.09. The van der Waals surface area contributed by atoms with Gasteiger partial charge in [0.25, 0.3) is 0 Å². The van der Waals surface area contributed by atoms with Gasteiger partial charge in [0, 0.05) is 26.8 Å². The predicted molar refractivity (Wildman–Crippen MR) is 67.1 cm³/mol. The van der Waals surface area contributed by atoms with Crippen LogP contribution in [-0.2, 0) is 16.0 Å². The van der Waals surface area contributed by atoms with E-state index in [1.54, 1.807) is 13.2 Å². The maximum Gasteiger partial charge on any atom is 0.189 e. The second-order valence-electron chi connectivity index (χ2n) is 3.69. The summed E-state index contributed by atoms with van der Waals surface area (Å²) in [6.07, 6.45) is 0. The van der Waals surface area contributed by atoms with Crippen LogP contribution in [-0.4, -0.2) is 33.7 Å². The van der Waals surface area contributed by atoms with E-state index in [0.717, 1.165) is 12.1 Å². The van der Waals surface area contributed by atoms with Gasteiger partial charge in [0.2, 0.25) is 0 Å². The van der Waals surface area contributed by atoms with Gasteiger partial charge >= 0.3 is 0 Å². The number of hydrogen-bond acceptors (Lipinski definition) is 4. The second kappa shape index (κ2) is 8.85. The van der Waals surface area contributed by atoms with Crippen LogP contribution >= 0.6 is 0 Å². The Morgan fingerprint density at radius 3 is 2.83 bits per heavy atom. The lowest BCUT2D eigenvalue weighted by Crippen LogP contribution is -2.18. The molecule has 1 aromatic carbocycles. The van der Waals surface area contributed by atoms with Crippen molar-refractivity contribution in [2.24, 2.45) is 0 Å². The highest BCUT2D eigenvalue weighted by Gasteiger charge is 2.04. The zero-order valence-corrected chi connectivity index (χ0v) is 10.9. The molecule has 0 aliphatic rings. The quantitative estimate of drug-likeness (QED) is 0.542. The van der Waals surface area contributed by atoms with E-state index >= 15 is 0 Å². The fraction of sp³-hybridized carbons (Fsp3) is 0.538. The molecule has 1 rings (SSSR count). The van der Waals surface area contributed by atoms with Crippen LogP contribution in [0.15, 0.2) is 18.2 Å². The molecule has 0 aliphatic heterocycles. The molecule has 0 saturated heterocycles. The van der Waals surface area contributed by atoms with Gasteiger partial charge < -0.3 is 19.5 Å². The van der Waals surface area contributed by atoms with Crippen LogP contribution in [0.4, 0.5) is 4.39 Å². The Kier molecular flexibility index (Phi) is 7.32. The molecule has 4 nitrogen and oxygen atoms in total. The Labute approximate surface area is 107 Å². The number of halogens is 1. The summed E-state index contributed by atoms with van der Waals surface area (Å²) < 4.78 is 28.7. The predicted octanol–water partition coefficient (Wildman–Crippen LogP) is 1.93. The molecular weight excluding hydrogens is 237 g/mol. The van der Waals surface area contributed by atoms with Crippen LogP contribution in [0.1, 0.15) is 12.5 Å². The zero-order chi connectivity index (χ0) is 13.2. The molecule has 5 heteroatoms. The number of rotatable bonds is 9. The summed E-state index contributed by atoms with van der Waals surface area (Å²) in [5.74, 6) is -0.162. The fourth-order valence-electron chi connectivity index (χ4n) is 1.37. The van der Waals surface area contributed by atoms with E-state index in [-0.39, 0.29) is 18.4 Å². The van der Waals surface area contributed by atoms with Crippen LogP contribution in [0.3, 0.4) is 0 Å². The molecule has 18 heavy (non-hydrogen) atoms. The van der Waals surface area contributed by atoms with Gasteiger partial charge in [-0.1, -0.05) is 6.07 Å². The van der Waals surface area contributed by atoms with Gasteiger partial charge in [-0.3, -0.25) is 0 Å². The molecule has 0 heterocycles. The largest absolute Gasteiger partial charge is 0.464 e. The first-order chi connectivity index (χ1) is 8.77. The summed E-state index contributed by atoms with van der Waals surface area (Å²) in [5, 5.41) is 3.14. The maximum atomic E-state index is 13.6. The van der Waals surface area contributed by atoms with Gasteiger partial charge in [-0.2, -0.15) is 0 Å². The highest BCUT2D eigenvalue weighted by molar-refractivity contribution is 5.29. The molecular formula is C13H20FNO3. The summed E-state index contributed by atoms with van der Waals surface area (Å²) in [6, 6.07) is 4.90. The molecule has 0 amide bonds. The summed E-state index contributed by atoms with van der Waals surface area (Å²) in [4.78, 5) is 0. The minimum Gasteiger partial charge on any atom is -0.464 e. The first-order valence-electron chi connectivity index (χ1n) is 5.96. The van der Waals surface area contributed by atoms with Crippen molar-refractivity contribution in [2.45, 2.75) is 13.5 Å². The Morgan fingerprint density at radius 2 is 2.17 bits per heavy atom. The molecule has 1 aromatic rings. The lowest BCUT2D eigenvalue weighted by molar-refractivity contribution is 0.0201. The molecule has 0 saturated carbocycles. The number of benzene rings is 1. The average molecular weight is 257 g/mol. The van der Waals surface area contributed by atoms with Crippen molar-refractivity contribution in [1.29, 1.82) is 0 Å². The molecule has 102 valence electrons. The van der Waals surface area contributed by atoms with Gasteiger partial charge in [-0.15, -0.1) is 0 Å². The van der Waals surface area contributed by atoms with Crippen LogP contribution < -0.4 is 10.1 Å². The molecule has 0 unspecified atom stereocenters. The fourth-order valence-corrected chi connectivity index (χ4v) is 1.37. The zero-order valence-electron chi connectivity index (χ0n) is 10.9. The highest BCUT2D eigenvalue weighted by Crippen LogP contribution is 2.18. The average Bonchev–Trinajstić information content (AvgIpc) is 2.37. The van der Waals surface area contributed by atoms with Crippen molar-refractivity contribution in [3.63, 3.8) is 0 Å². The molecule has 0 aromatic heterocycles. The van der Waals surface area contributed by atoms with Crippen molar-refractivity contribution in [3.8, 4) is 5.75 Å². The molecule has 1 N–H and O–H groups in total. The Balaban J connectivity index is 2.41. The lowest BCUT2D eigenvalue weighted by atomic mass is 10.2. The van der Waals surface area contributed by atoms with Crippen LogP contribution in [0, 0.1) is 5.82 Å². The van der Waals surface area contributed by atoms with Crippen LogP contribution in [0.25, 0.3) is 0 Å². The summed E-state index contributed by atoms with van der Waals surface area (Å²) in [6.45, 7) is 4.45. The summed E-state index contributed by atoms with van der Waals surface area (Å²) >= 11 is 0. The first kappa shape index (κ1) is 14.9. The van der Waals surface area contributed by atoms with E-state index in [4.69, 9.17) is 14.2 Å². The van der Waals surface area contributed by atoms with E-state index < -0.39 is 0 Å². The smallest absolute Gasteiger partial charge is 0.189 e. The first-order valence-corrected chi connectivity index (χ1v) is 5.96. The third-order valence-corrected chi connectivity index (χ3v) is 2.31. The molecule has 0 aliphatic carbocycles. The van der Waals surface area contributed by atoms with Crippen LogP contribution in [0.2, 0.25) is 0 Å². The number of ether oxygens (including phenoxy) is 3. The SMILES string of the molecule is CCOCOc1ccc(CNCCOC)cc1F. The topological polar surface area (TPSA) is 39.7 Å². The molecule has 0 radical (unpaired) electrons. The van der Waals surface area contributed by atoms with Gasteiger partial charge in [0.15, 0.2) is 18.4 Å².